The summed E-state index contributed by atoms with van der Waals surface area (Å²) in [6.45, 7) is 2.98. The lowest BCUT2D eigenvalue weighted by molar-refractivity contribution is -0.137. The summed E-state index contributed by atoms with van der Waals surface area (Å²) in [5, 5.41) is 8.85. The number of amides is 3. The van der Waals surface area contributed by atoms with Crippen molar-refractivity contribution >= 4 is 23.6 Å². The number of carbonyl (C=O) groups is 3. The second-order valence-corrected chi connectivity index (χ2v) is 4.58. The van der Waals surface area contributed by atoms with Crippen LogP contribution in [0.2, 0.25) is 0 Å². The average Bonchev–Trinajstić information content (AvgIpc) is 2.37. The van der Waals surface area contributed by atoms with Crippen LogP contribution in [0.1, 0.15) is 12.5 Å². The number of aryl methyl sites for hydroxylation is 1. The van der Waals surface area contributed by atoms with Crippen LogP contribution in [0.25, 0.3) is 0 Å². The molecule has 0 bridgehead atoms. The van der Waals surface area contributed by atoms with Crippen molar-refractivity contribution in [3.05, 3.63) is 29.8 Å². The number of primary amides is 1. The van der Waals surface area contributed by atoms with E-state index in [1.807, 2.05) is 19.1 Å². The minimum atomic E-state index is -1.20. The third-order valence-electron chi connectivity index (χ3n) is 2.80. The fraction of sp³-hybridized carbons (Fsp3) is 0.357. The van der Waals surface area contributed by atoms with E-state index in [0.29, 0.717) is 12.2 Å². The number of nitrogens with zero attached hydrogens (tertiary/aromatic N) is 2. The molecule has 1 aromatic rings. The van der Waals surface area contributed by atoms with E-state index in [1.54, 1.807) is 19.1 Å². The molecule has 3 amide bonds. The standard InChI is InChI=1S/C14H19N3O4/c1-3-17(11-6-4-5-10(2)7-11)14(21)16(8-12(15)18)9-13(19)20/h4-7H,3,8-9H2,1-2H3,(H2,15,18)(H,19,20). The van der Waals surface area contributed by atoms with Gasteiger partial charge >= 0.3 is 12.0 Å². The molecule has 1 rings (SSSR count). The summed E-state index contributed by atoms with van der Waals surface area (Å²) in [5.74, 6) is -1.96. The summed E-state index contributed by atoms with van der Waals surface area (Å²) in [7, 11) is 0. The van der Waals surface area contributed by atoms with Crippen molar-refractivity contribution in [2.45, 2.75) is 13.8 Å². The Kier molecular flexibility index (Phi) is 5.71. The Hall–Kier alpha value is -2.57. The van der Waals surface area contributed by atoms with E-state index >= 15 is 0 Å². The van der Waals surface area contributed by atoms with Crippen molar-refractivity contribution in [3.63, 3.8) is 0 Å². The predicted octanol–water partition coefficient (Wildman–Crippen LogP) is 0.813. The smallest absolute Gasteiger partial charge is 0.325 e. The van der Waals surface area contributed by atoms with E-state index in [0.717, 1.165) is 10.5 Å². The van der Waals surface area contributed by atoms with Gasteiger partial charge in [0, 0.05) is 12.2 Å². The van der Waals surface area contributed by atoms with Crippen molar-refractivity contribution in [1.29, 1.82) is 0 Å². The minimum absolute atomic E-state index is 0.344. The Balaban J connectivity index is 3.02. The number of benzene rings is 1. The van der Waals surface area contributed by atoms with Crippen LogP contribution in [-0.4, -0.2) is 47.5 Å². The molecule has 0 fully saturated rings. The maximum absolute atomic E-state index is 12.4. The molecule has 0 radical (unpaired) electrons. The van der Waals surface area contributed by atoms with Crippen LogP contribution in [0.15, 0.2) is 24.3 Å². The number of carbonyl (C=O) groups excluding carboxylic acids is 2. The lowest BCUT2D eigenvalue weighted by Crippen LogP contribution is -2.48. The number of carboxylic acid groups (broad SMARTS) is 1. The van der Waals surface area contributed by atoms with Gasteiger partial charge in [-0.3, -0.25) is 14.5 Å². The van der Waals surface area contributed by atoms with Crippen LogP contribution >= 0.6 is 0 Å². The van der Waals surface area contributed by atoms with Gasteiger partial charge in [0.25, 0.3) is 0 Å². The monoisotopic (exact) mass is 293 g/mol. The molecule has 1 aromatic carbocycles. The van der Waals surface area contributed by atoms with E-state index in [9.17, 15) is 14.4 Å². The summed E-state index contributed by atoms with van der Waals surface area (Å²) in [6, 6.07) is 6.68. The molecule has 0 heterocycles. The molecule has 3 N–H and O–H groups in total. The van der Waals surface area contributed by atoms with Gasteiger partial charge < -0.3 is 15.7 Å². The molecule has 0 spiro atoms. The Bertz CT molecular complexity index is 529. The molecule has 21 heavy (non-hydrogen) atoms. The molecular formula is C14H19N3O4. The van der Waals surface area contributed by atoms with Crippen molar-refractivity contribution in [2.75, 3.05) is 24.5 Å². The van der Waals surface area contributed by atoms with Crippen LogP contribution in [0, 0.1) is 6.92 Å². The van der Waals surface area contributed by atoms with E-state index in [1.165, 1.54) is 4.90 Å². The molecule has 0 saturated carbocycles. The zero-order valence-corrected chi connectivity index (χ0v) is 12.1. The first-order chi connectivity index (χ1) is 9.85. The third kappa shape index (κ3) is 4.79. The molecule has 114 valence electrons. The van der Waals surface area contributed by atoms with Crippen LogP contribution in [-0.2, 0) is 9.59 Å². The van der Waals surface area contributed by atoms with Gasteiger partial charge in [-0.05, 0) is 31.5 Å². The number of anilines is 1. The third-order valence-corrected chi connectivity index (χ3v) is 2.80. The Morgan fingerprint density at radius 2 is 1.90 bits per heavy atom. The molecule has 0 aromatic heterocycles. The number of urea groups is 1. The van der Waals surface area contributed by atoms with Gasteiger partial charge in [0.2, 0.25) is 5.91 Å². The Morgan fingerprint density at radius 3 is 2.38 bits per heavy atom. The molecule has 0 unspecified atom stereocenters. The molecule has 0 atom stereocenters. The van der Waals surface area contributed by atoms with Crippen LogP contribution in [0.3, 0.4) is 0 Å². The fourth-order valence-electron chi connectivity index (χ4n) is 1.94. The lowest BCUT2D eigenvalue weighted by Gasteiger charge is -2.28. The van der Waals surface area contributed by atoms with Gasteiger partial charge in [-0.2, -0.15) is 0 Å². The second kappa shape index (κ2) is 7.28. The fourth-order valence-corrected chi connectivity index (χ4v) is 1.94. The van der Waals surface area contributed by atoms with Crippen LogP contribution < -0.4 is 10.6 Å². The topological polar surface area (TPSA) is 104 Å². The maximum atomic E-state index is 12.4. The van der Waals surface area contributed by atoms with Crippen LogP contribution in [0.5, 0.6) is 0 Å². The number of nitrogens with two attached hydrogens (primary N) is 1. The zero-order chi connectivity index (χ0) is 16.0. The first-order valence-corrected chi connectivity index (χ1v) is 6.48. The van der Waals surface area contributed by atoms with E-state index in [4.69, 9.17) is 10.8 Å². The van der Waals surface area contributed by atoms with Crippen molar-refractivity contribution in [3.8, 4) is 0 Å². The highest BCUT2D eigenvalue weighted by atomic mass is 16.4. The summed E-state index contributed by atoms with van der Waals surface area (Å²) in [6.07, 6.45) is 0. The predicted molar refractivity (Wildman–Crippen MR) is 78.0 cm³/mol. The number of rotatable bonds is 6. The molecule has 0 aliphatic carbocycles. The summed E-state index contributed by atoms with van der Waals surface area (Å²) in [5.41, 5.74) is 6.68. The molecular weight excluding hydrogens is 274 g/mol. The van der Waals surface area contributed by atoms with Gasteiger partial charge in [0.1, 0.15) is 13.1 Å². The zero-order valence-electron chi connectivity index (χ0n) is 12.1. The summed E-state index contributed by atoms with van der Waals surface area (Å²) >= 11 is 0. The Labute approximate surface area is 122 Å². The molecule has 0 aliphatic heterocycles. The molecule has 0 saturated heterocycles. The SMILES string of the molecule is CCN(C(=O)N(CC(N)=O)CC(=O)O)c1cccc(C)c1. The van der Waals surface area contributed by atoms with E-state index in [2.05, 4.69) is 0 Å². The highest BCUT2D eigenvalue weighted by Crippen LogP contribution is 2.17. The Morgan fingerprint density at radius 1 is 1.24 bits per heavy atom. The second-order valence-electron chi connectivity index (χ2n) is 4.58. The number of aliphatic carboxylic acids is 1. The van der Waals surface area contributed by atoms with E-state index in [-0.39, 0.29) is 0 Å². The summed E-state index contributed by atoms with van der Waals surface area (Å²) in [4.78, 5) is 36.6. The lowest BCUT2D eigenvalue weighted by atomic mass is 10.2. The first kappa shape index (κ1) is 16.5. The van der Waals surface area contributed by atoms with Crippen LogP contribution in [0.4, 0.5) is 10.5 Å². The quantitative estimate of drug-likeness (QED) is 0.810. The van der Waals surface area contributed by atoms with Gasteiger partial charge in [0.15, 0.2) is 0 Å². The van der Waals surface area contributed by atoms with Gasteiger partial charge in [-0.15, -0.1) is 0 Å². The number of hydrogen-bond acceptors (Lipinski definition) is 3. The van der Waals surface area contributed by atoms with Crippen molar-refractivity contribution < 1.29 is 19.5 Å². The highest BCUT2D eigenvalue weighted by Gasteiger charge is 2.24. The van der Waals surface area contributed by atoms with Gasteiger partial charge in [-0.25, -0.2) is 4.79 Å². The first-order valence-electron chi connectivity index (χ1n) is 6.48. The van der Waals surface area contributed by atoms with Gasteiger partial charge in [-0.1, -0.05) is 12.1 Å². The van der Waals surface area contributed by atoms with Crippen molar-refractivity contribution in [2.24, 2.45) is 5.73 Å². The number of hydrogen-bond donors (Lipinski definition) is 2. The molecule has 7 heteroatoms. The molecule has 0 aliphatic rings. The van der Waals surface area contributed by atoms with Crippen molar-refractivity contribution in [1.82, 2.24) is 4.90 Å². The number of carboxylic acids is 1. The highest BCUT2D eigenvalue weighted by molar-refractivity contribution is 5.95. The minimum Gasteiger partial charge on any atom is -0.480 e. The van der Waals surface area contributed by atoms with Gasteiger partial charge in [0.05, 0.1) is 0 Å². The molecule has 7 nitrogen and oxygen atoms in total. The summed E-state index contributed by atoms with van der Waals surface area (Å²) < 4.78 is 0. The maximum Gasteiger partial charge on any atom is 0.325 e. The van der Waals surface area contributed by atoms with E-state index < -0.39 is 31.0 Å². The average molecular weight is 293 g/mol. The normalized spacial score (nSPS) is 10.0. The largest absolute Gasteiger partial charge is 0.480 e.